The van der Waals surface area contributed by atoms with Crippen LogP contribution in [0.5, 0.6) is 0 Å². The summed E-state index contributed by atoms with van der Waals surface area (Å²) in [5.41, 5.74) is 1.03. The molecule has 2 rings (SSSR count). The lowest BCUT2D eigenvalue weighted by atomic mass is 10.0. The molecule has 0 atom stereocenters. The van der Waals surface area contributed by atoms with E-state index in [2.05, 4.69) is 22.1 Å². The number of anilines is 1. The van der Waals surface area contributed by atoms with Gasteiger partial charge in [-0.05, 0) is 12.8 Å². The number of hydrogen-bond acceptors (Lipinski definition) is 5. The zero-order chi connectivity index (χ0) is 12.8. The molecule has 0 radical (unpaired) electrons. The monoisotopic (exact) mass is 249 g/mol. The van der Waals surface area contributed by atoms with Crippen LogP contribution in [0, 0.1) is 0 Å². The summed E-state index contributed by atoms with van der Waals surface area (Å²) >= 11 is 0. The molecule has 2 N–H and O–H groups in total. The van der Waals surface area contributed by atoms with E-state index < -0.39 is 0 Å². The van der Waals surface area contributed by atoms with Crippen molar-refractivity contribution in [1.29, 1.82) is 0 Å². The summed E-state index contributed by atoms with van der Waals surface area (Å²) in [5, 5.41) is 18.1. The number of nitrogens with zero attached hydrogens (tertiary/aromatic N) is 3. The van der Waals surface area contributed by atoms with Crippen molar-refractivity contribution >= 4 is 5.82 Å². The molecule has 0 bridgehead atoms. The lowest BCUT2D eigenvalue weighted by Gasteiger charge is -2.22. The maximum atomic E-state index is 9.03. The van der Waals surface area contributed by atoms with E-state index >= 15 is 0 Å². The van der Waals surface area contributed by atoms with E-state index in [1.54, 1.807) is 6.33 Å². The molecule has 5 nitrogen and oxygen atoms in total. The number of hydrogen-bond donors (Lipinski definition) is 2. The molecule has 1 heterocycles. The first-order valence-electron chi connectivity index (χ1n) is 6.28. The van der Waals surface area contributed by atoms with Gasteiger partial charge in [0, 0.05) is 30.8 Å². The molecule has 98 valence electrons. The Balaban J connectivity index is 2.13. The molecular formula is C13H19N3O2. The maximum absolute atomic E-state index is 9.03. The van der Waals surface area contributed by atoms with Crippen LogP contribution in [0.1, 0.15) is 24.5 Å². The van der Waals surface area contributed by atoms with E-state index in [0.717, 1.165) is 24.4 Å². The molecule has 0 aliphatic heterocycles. The Bertz CT molecular complexity index is 395. The van der Waals surface area contributed by atoms with Crippen molar-refractivity contribution in [3.05, 3.63) is 30.2 Å². The molecule has 0 fully saturated rings. The van der Waals surface area contributed by atoms with Crippen LogP contribution in [0.4, 0.5) is 5.82 Å². The first-order chi connectivity index (χ1) is 8.85. The molecule has 1 aliphatic rings. The second kappa shape index (κ2) is 6.47. The topological polar surface area (TPSA) is 69.5 Å². The highest BCUT2D eigenvalue weighted by atomic mass is 16.3. The van der Waals surface area contributed by atoms with E-state index in [-0.39, 0.29) is 13.2 Å². The summed E-state index contributed by atoms with van der Waals surface area (Å²) in [6.07, 6.45) is 7.95. The van der Waals surface area contributed by atoms with Gasteiger partial charge in [-0.1, -0.05) is 12.2 Å². The van der Waals surface area contributed by atoms with Crippen molar-refractivity contribution in [3.63, 3.8) is 0 Å². The minimum Gasteiger partial charge on any atom is -0.395 e. The van der Waals surface area contributed by atoms with Crippen LogP contribution in [0.15, 0.2) is 24.5 Å². The van der Waals surface area contributed by atoms with E-state index in [4.69, 9.17) is 10.2 Å². The fourth-order valence-electron chi connectivity index (χ4n) is 2.20. The Kier molecular flexibility index (Phi) is 4.66. The van der Waals surface area contributed by atoms with E-state index in [0.29, 0.717) is 19.0 Å². The molecule has 0 unspecified atom stereocenters. The predicted molar refractivity (Wildman–Crippen MR) is 69.5 cm³/mol. The highest BCUT2D eigenvalue weighted by Gasteiger charge is 2.16. The van der Waals surface area contributed by atoms with E-state index in [1.807, 2.05) is 11.0 Å². The normalized spacial score (nSPS) is 15.2. The van der Waals surface area contributed by atoms with Gasteiger partial charge in [0.05, 0.1) is 13.2 Å². The van der Waals surface area contributed by atoms with Crippen LogP contribution < -0.4 is 4.90 Å². The maximum Gasteiger partial charge on any atom is 0.132 e. The third-order valence-electron chi connectivity index (χ3n) is 3.16. The van der Waals surface area contributed by atoms with Gasteiger partial charge in [0.25, 0.3) is 0 Å². The van der Waals surface area contributed by atoms with Crippen molar-refractivity contribution in [2.45, 2.75) is 18.8 Å². The quantitative estimate of drug-likeness (QED) is 0.726. The van der Waals surface area contributed by atoms with Gasteiger partial charge in [-0.3, -0.25) is 0 Å². The second-order valence-electron chi connectivity index (χ2n) is 4.38. The zero-order valence-corrected chi connectivity index (χ0v) is 10.4. The minimum absolute atomic E-state index is 0.0460. The second-order valence-corrected chi connectivity index (χ2v) is 4.38. The highest BCUT2D eigenvalue weighted by molar-refractivity contribution is 5.40. The van der Waals surface area contributed by atoms with Crippen molar-refractivity contribution in [2.75, 3.05) is 31.2 Å². The predicted octanol–water partition coefficient (Wildman–Crippen LogP) is 0.701. The smallest absolute Gasteiger partial charge is 0.132 e. The highest BCUT2D eigenvalue weighted by Crippen LogP contribution is 2.28. The number of aliphatic hydroxyl groups excluding tert-OH is 2. The van der Waals surface area contributed by atoms with Crippen LogP contribution in [0.3, 0.4) is 0 Å². The number of aliphatic hydroxyl groups is 2. The fourth-order valence-corrected chi connectivity index (χ4v) is 2.20. The fraction of sp³-hybridized carbons (Fsp3) is 0.538. The Morgan fingerprint density at radius 1 is 1.11 bits per heavy atom. The molecular weight excluding hydrogens is 230 g/mol. The van der Waals surface area contributed by atoms with Crippen molar-refractivity contribution in [2.24, 2.45) is 0 Å². The number of allylic oxidation sites excluding steroid dienone is 2. The Hall–Kier alpha value is -1.46. The van der Waals surface area contributed by atoms with Gasteiger partial charge >= 0.3 is 0 Å². The van der Waals surface area contributed by atoms with Crippen LogP contribution >= 0.6 is 0 Å². The van der Waals surface area contributed by atoms with Gasteiger partial charge in [0.15, 0.2) is 0 Å². The standard InChI is InChI=1S/C13H19N3O2/c17-7-5-16(6-8-18)13-9-12(14-10-15-13)11-3-1-2-4-11/h1-2,9-11,17-18H,3-8H2. The number of aromatic nitrogens is 2. The summed E-state index contributed by atoms with van der Waals surface area (Å²) in [4.78, 5) is 10.4. The lowest BCUT2D eigenvalue weighted by molar-refractivity contribution is 0.280. The van der Waals surface area contributed by atoms with E-state index in [1.165, 1.54) is 0 Å². The van der Waals surface area contributed by atoms with Crippen LogP contribution in [-0.2, 0) is 0 Å². The molecule has 1 aromatic rings. The minimum atomic E-state index is 0.0460. The first kappa shape index (κ1) is 13.0. The van der Waals surface area contributed by atoms with Gasteiger partial charge in [-0.2, -0.15) is 0 Å². The van der Waals surface area contributed by atoms with Crippen LogP contribution in [0.25, 0.3) is 0 Å². The van der Waals surface area contributed by atoms with E-state index in [9.17, 15) is 0 Å². The molecule has 0 aromatic carbocycles. The Morgan fingerprint density at radius 2 is 1.78 bits per heavy atom. The van der Waals surface area contributed by atoms with Gasteiger partial charge in [-0.25, -0.2) is 9.97 Å². The molecule has 1 aromatic heterocycles. The first-order valence-corrected chi connectivity index (χ1v) is 6.28. The molecule has 0 spiro atoms. The van der Waals surface area contributed by atoms with Gasteiger partial charge in [0.2, 0.25) is 0 Å². The molecule has 5 heteroatoms. The summed E-state index contributed by atoms with van der Waals surface area (Å²) in [6, 6.07) is 1.96. The SMILES string of the molecule is OCCN(CCO)c1cc(C2CC=CC2)ncn1. The van der Waals surface area contributed by atoms with Gasteiger partial charge < -0.3 is 15.1 Å². The van der Waals surface area contributed by atoms with Gasteiger partial charge in [0.1, 0.15) is 12.1 Å². The summed E-state index contributed by atoms with van der Waals surface area (Å²) in [5.74, 6) is 1.21. The Morgan fingerprint density at radius 3 is 2.39 bits per heavy atom. The zero-order valence-electron chi connectivity index (χ0n) is 10.4. The average molecular weight is 249 g/mol. The molecule has 1 aliphatic carbocycles. The van der Waals surface area contributed by atoms with Crippen LogP contribution in [0.2, 0.25) is 0 Å². The van der Waals surface area contributed by atoms with Crippen molar-refractivity contribution in [1.82, 2.24) is 9.97 Å². The van der Waals surface area contributed by atoms with Crippen molar-refractivity contribution in [3.8, 4) is 0 Å². The number of rotatable bonds is 6. The summed E-state index contributed by atoms with van der Waals surface area (Å²) in [6.45, 7) is 1.04. The van der Waals surface area contributed by atoms with Gasteiger partial charge in [-0.15, -0.1) is 0 Å². The molecule has 0 saturated heterocycles. The molecule has 0 amide bonds. The average Bonchev–Trinajstić information content (AvgIpc) is 2.93. The summed E-state index contributed by atoms with van der Waals surface area (Å²) < 4.78 is 0. The summed E-state index contributed by atoms with van der Waals surface area (Å²) in [7, 11) is 0. The third-order valence-corrected chi connectivity index (χ3v) is 3.16. The third kappa shape index (κ3) is 3.05. The van der Waals surface area contributed by atoms with Crippen molar-refractivity contribution < 1.29 is 10.2 Å². The molecule has 18 heavy (non-hydrogen) atoms. The molecule has 0 saturated carbocycles. The largest absolute Gasteiger partial charge is 0.395 e. The Labute approximate surface area is 107 Å². The van der Waals surface area contributed by atoms with Crippen LogP contribution in [-0.4, -0.2) is 46.5 Å². The lowest BCUT2D eigenvalue weighted by Crippen LogP contribution is -2.30.